The Labute approximate surface area is 149 Å². The predicted molar refractivity (Wildman–Crippen MR) is 97.6 cm³/mol. The minimum absolute atomic E-state index is 0.0266. The lowest BCUT2D eigenvalue weighted by Gasteiger charge is -2.21. The first-order valence-corrected chi connectivity index (χ1v) is 8.89. The second-order valence-corrected chi connectivity index (χ2v) is 7.00. The van der Waals surface area contributed by atoms with Gasteiger partial charge in [0.1, 0.15) is 5.69 Å². The van der Waals surface area contributed by atoms with E-state index in [-0.39, 0.29) is 5.91 Å². The van der Waals surface area contributed by atoms with Crippen molar-refractivity contribution in [2.45, 2.75) is 39.2 Å². The number of rotatable bonds is 5. The van der Waals surface area contributed by atoms with Gasteiger partial charge in [-0.15, -0.1) is 0 Å². The van der Waals surface area contributed by atoms with Crippen LogP contribution in [0, 0.1) is 13.8 Å². The fourth-order valence-electron chi connectivity index (χ4n) is 3.62. The molecule has 1 saturated heterocycles. The van der Waals surface area contributed by atoms with Crippen molar-refractivity contribution in [3.8, 4) is 0 Å². The Hall–Kier alpha value is -2.21. The van der Waals surface area contributed by atoms with Crippen LogP contribution < -0.4 is 0 Å². The summed E-state index contributed by atoms with van der Waals surface area (Å²) in [7, 11) is 3.98. The van der Waals surface area contributed by atoms with Crippen LogP contribution in [0.3, 0.4) is 0 Å². The first kappa shape index (κ1) is 17.6. The zero-order chi connectivity index (χ0) is 18.0. The number of aromatic nitrogens is 3. The number of hydrogen-bond acceptors (Lipinski definition) is 4. The summed E-state index contributed by atoms with van der Waals surface area (Å²) in [4.78, 5) is 21.1. The largest absolute Gasteiger partial charge is 0.340 e. The van der Waals surface area contributed by atoms with Gasteiger partial charge in [0.2, 0.25) is 0 Å². The van der Waals surface area contributed by atoms with Gasteiger partial charge in [-0.1, -0.05) is 0 Å². The third kappa shape index (κ3) is 3.74. The minimum Gasteiger partial charge on any atom is -0.340 e. The molecule has 0 saturated carbocycles. The highest BCUT2D eigenvalue weighted by Crippen LogP contribution is 2.30. The number of hydrogen-bond donors (Lipinski definition) is 1. The van der Waals surface area contributed by atoms with Crippen LogP contribution in [0.1, 0.15) is 51.9 Å². The number of nitrogens with zero attached hydrogens (tertiary/aromatic N) is 4. The van der Waals surface area contributed by atoms with E-state index >= 15 is 0 Å². The molecule has 6 nitrogen and oxygen atoms in total. The van der Waals surface area contributed by atoms with Gasteiger partial charge in [0, 0.05) is 31.5 Å². The number of pyridine rings is 1. The average Bonchev–Trinajstić information content (AvgIpc) is 3.18. The van der Waals surface area contributed by atoms with Crippen molar-refractivity contribution in [1.29, 1.82) is 0 Å². The summed E-state index contributed by atoms with van der Waals surface area (Å²) in [5.41, 5.74) is 4.98. The Morgan fingerprint density at radius 3 is 2.88 bits per heavy atom. The predicted octanol–water partition coefficient (Wildman–Crippen LogP) is 2.50. The molecule has 1 aliphatic heterocycles. The zero-order valence-corrected chi connectivity index (χ0v) is 15.5. The van der Waals surface area contributed by atoms with Gasteiger partial charge in [-0.2, -0.15) is 5.10 Å². The van der Waals surface area contributed by atoms with Crippen molar-refractivity contribution in [3.63, 3.8) is 0 Å². The molecule has 1 aliphatic rings. The quantitative estimate of drug-likeness (QED) is 0.907. The maximum atomic E-state index is 12.7. The SMILES string of the molecule is Cc1n[nH]c(C)c1CCN(C)C(=O)c1cc(C2CCCN2C)ccn1. The standard InChI is InChI=1S/C19H27N5O/c1-13-16(14(2)22-21-13)8-11-24(4)19(25)17-12-15(7-9-20-17)18-6-5-10-23(18)3/h7,9,12,18H,5-6,8,10-11H2,1-4H3,(H,21,22). The molecule has 0 spiro atoms. The van der Waals surface area contributed by atoms with Crippen LogP contribution in [-0.4, -0.2) is 58.1 Å². The third-order valence-electron chi connectivity index (χ3n) is 5.23. The molecule has 1 fully saturated rings. The van der Waals surface area contributed by atoms with Crippen molar-refractivity contribution < 1.29 is 4.79 Å². The molecule has 1 atom stereocenters. The van der Waals surface area contributed by atoms with Crippen LogP contribution in [0.2, 0.25) is 0 Å². The smallest absolute Gasteiger partial charge is 0.272 e. The van der Waals surface area contributed by atoms with Gasteiger partial charge in [-0.05, 0) is 70.0 Å². The summed E-state index contributed by atoms with van der Waals surface area (Å²) in [6, 6.07) is 4.39. The van der Waals surface area contributed by atoms with Gasteiger partial charge in [-0.25, -0.2) is 0 Å². The summed E-state index contributed by atoms with van der Waals surface area (Å²) in [6.45, 7) is 5.76. The fourth-order valence-corrected chi connectivity index (χ4v) is 3.62. The number of likely N-dealkylation sites (N-methyl/N-ethyl adjacent to an activating group) is 1. The molecular weight excluding hydrogens is 314 g/mol. The molecule has 1 N–H and O–H groups in total. The molecule has 2 aromatic rings. The van der Waals surface area contributed by atoms with E-state index in [0.717, 1.165) is 30.8 Å². The molecule has 25 heavy (non-hydrogen) atoms. The van der Waals surface area contributed by atoms with Crippen molar-refractivity contribution in [2.24, 2.45) is 0 Å². The number of aryl methyl sites for hydroxylation is 2. The molecule has 0 bridgehead atoms. The maximum absolute atomic E-state index is 12.7. The first-order valence-electron chi connectivity index (χ1n) is 8.89. The van der Waals surface area contributed by atoms with E-state index in [9.17, 15) is 4.79 Å². The first-order chi connectivity index (χ1) is 12.0. The normalized spacial score (nSPS) is 17.8. The van der Waals surface area contributed by atoms with Crippen LogP contribution >= 0.6 is 0 Å². The summed E-state index contributed by atoms with van der Waals surface area (Å²) < 4.78 is 0. The van der Waals surface area contributed by atoms with Gasteiger partial charge >= 0.3 is 0 Å². The Balaban J connectivity index is 1.68. The van der Waals surface area contributed by atoms with E-state index in [1.807, 2.05) is 33.0 Å². The number of carbonyl (C=O) groups excluding carboxylic acids is 1. The molecular formula is C19H27N5O. The van der Waals surface area contributed by atoms with Gasteiger partial charge in [-0.3, -0.25) is 19.8 Å². The zero-order valence-electron chi connectivity index (χ0n) is 15.5. The number of nitrogens with one attached hydrogen (secondary N) is 1. The molecule has 0 aromatic carbocycles. The molecule has 3 rings (SSSR count). The molecule has 6 heteroatoms. The maximum Gasteiger partial charge on any atom is 0.272 e. The van der Waals surface area contributed by atoms with Crippen LogP contribution in [-0.2, 0) is 6.42 Å². The van der Waals surface area contributed by atoms with E-state index in [1.165, 1.54) is 17.5 Å². The van der Waals surface area contributed by atoms with Crippen molar-refractivity contribution in [1.82, 2.24) is 25.0 Å². The number of aromatic amines is 1. The second-order valence-electron chi connectivity index (χ2n) is 7.00. The van der Waals surface area contributed by atoms with E-state index in [4.69, 9.17) is 0 Å². The van der Waals surface area contributed by atoms with Gasteiger partial charge in [0.15, 0.2) is 0 Å². The monoisotopic (exact) mass is 341 g/mol. The highest BCUT2D eigenvalue weighted by molar-refractivity contribution is 5.92. The number of amides is 1. The van der Waals surface area contributed by atoms with E-state index in [1.54, 1.807) is 11.1 Å². The van der Waals surface area contributed by atoms with E-state index in [0.29, 0.717) is 18.3 Å². The Morgan fingerprint density at radius 1 is 1.44 bits per heavy atom. The van der Waals surface area contributed by atoms with E-state index < -0.39 is 0 Å². The van der Waals surface area contributed by atoms with E-state index in [2.05, 4.69) is 27.1 Å². The van der Waals surface area contributed by atoms with Crippen LogP contribution in [0.15, 0.2) is 18.3 Å². The third-order valence-corrected chi connectivity index (χ3v) is 5.23. The van der Waals surface area contributed by atoms with Crippen molar-refractivity contribution in [2.75, 3.05) is 27.2 Å². The second kappa shape index (κ2) is 7.35. The molecule has 0 aliphatic carbocycles. The highest BCUT2D eigenvalue weighted by Gasteiger charge is 2.24. The highest BCUT2D eigenvalue weighted by atomic mass is 16.2. The summed E-state index contributed by atoms with van der Waals surface area (Å²) in [5.74, 6) is -0.0266. The van der Waals surface area contributed by atoms with Gasteiger partial charge in [0.05, 0.1) is 5.69 Å². The molecule has 0 radical (unpaired) electrons. The number of likely N-dealkylation sites (tertiary alicyclic amines) is 1. The topological polar surface area (TPSA) is 65.1 Å². The fraction of sp³-hybridized carbons (Fsp3) is 0.526. The van der Waals surface area contributed by atoms with Crippen LogP contribution in [0.4, 0.5) is 0 Å². The summed E-state index contributed by atoms with van der Waals surface area (Å²) in [5, 5.41) is 7.21. The lowest BCUT2D eigenvalue weighted by atomic mass is 10.0. The molecule has 1 amide bonds. The summed E-state index contributed by atoms with van der Waals surface area (Å²) in [6.07, 6.45) is 4.90. The van der Waals surface area contributed by atoms with Crippen molar-refractivity contribution in [3.05, 3.63) is 46.5 Å². The molecule has 1 unspecified atom stereocenters. The Bertz CT molecular complexity index is 735. The average molecular weight is 341 g/mol. The lowest BCUT2D eigenvalue weighted by Crippen LogP contribution is -2.30. The Morgan fingerprint density at radius 2 is 2.24 bits per heavy atom. The van der Waals surface area contributed by atoms with Gasteiger partial charge in [0.25, 0.3) is 5.91 Å². The lowest BCUT2D eigenvalue weighted by molar-refractivity contribution is 0.0790. The molecule has 3 heterocycles. The van der Waals surface area contributed by atoms with Crippen molar-refractivity contribution >= 4 is 5.91 Å². The molecule has 2 aromatic heterocycles. The number of H-pyrrole nitrogens is 1. The minimum atomic E-state index is -0.0266. The number of carbonyl (C=O) groups is 1. The van der Waals surface area contributed by atoms with Gasteiger partial charge < -0.3 is 4.90 Å². The summed E-state index contributed by atoms with van der Waals surface area (Å²) >= 11 is 0. The van der Waals surface area contributed by atoms with Crippen LogP contribution in [0.5, 0.6) is 0 Å². The van der Waals surface area contributed by atoms with Crippen LogP contribution in [0.25, 0.3) is 0 Å². The Kier molecular flexibility index (Phi) is 5.18. The molecule has 134 valence electrons.